The molecule has 164 valence electrons. The molecular weight excluding hydrogens is 438 g/mol. The molecule has 2 aliphatic rings. The number of fused-ring (bicyclic) bond motifs is 2. The van der Waals surface area contributed by atoms with Crippen LogP contribution < -0.4 is 5.32 Å². The fraction of sp³-hybridized carbons (Fsp3) is 0.429. The topological polar surface area (TPSA) is 114 Å². The Morgan fingerprint density at radius 2 is 1.90 bits per heavy atom. The maximum Gasteiger partial charge on any atom is 0.262 e. The van der Waals surface area contributed by atoms with Crippen LogP contribution in [-0.2, 0) is 27.5 Å². The van der Waals surface area contributed by atoms with Crippen LogP contribution in [0.2, 0.25) is 0 Å². The molecule has 1 aromatic heterocycles. The fourth-order valence-electron chi connectivity index (χ4n) is 3.98. The number of hydrogen-bond acceptors (Lipinski definition) is 7. The number of amides is 3. The quantitative estimate of drug-likeness (QED) is 0.661. The minimum atomic E-state index is -3.41. The van der Waals surface area contributed by atoms with Gasteiger partial charge in [0.2, 0.25) is 5.91 Å². The zero-order chi connectivity index (χ0) is 22.3. The number of thiazole rings is 1. The van der Waals surface area contributed by atoms with Crippen LogP contribution in [0.1, 0.15) is 51.1 Å². The molecule has 31 heavy (non-hydrogen) atoms. The number of rotatable bonds is 6. The van der Waals surface area contributed by atoms with Gasteiger partial charge >= 0.3 is 0 Å². The highest BCUT2D eigenvalue weighted by Gasteiger charge is 2.43. The average molecular weight is 462 g/mol. The minimum absolute atomic E-state index is 0.182. The van der Waals surface area contributed by atoms with E-state index in [2.05, 4.69) is 17.2 Å². The Kier molecular flexibility index (Phi) is 5.69. The second kappa shape index (κ2) is 8.16. The molecule has 1 N–H and O–H groups in total. The summed E-state index contributed by atoms with van der Waals surface area (Å²) in [7, 11) is -3.41. The molecule has 8 nitrogen and oxygen atoms in total. The predicted molar refractivity (Wildman–Crippen MR) is 117 cm³/mol. The third kappa shape index (κ3) is 4.40. The van der Waals surface area contributed by atoms with E-state index in [1.54, 1.807) is 12.1 Å². The number of aryl methyl sites for hydroxylation is 1. The van der Waals surface area contributed by atoms with Gasteiger partial charge in [-0.2, -0.15) is 0 Å². The lowest BCUT2D eigenvalue weighted by Gasteiger charge is -2.24. The number of carbonyl (C=O) groups is 3. The summed E-state index contributed by atoms with van der Waals surface area (Å²) in [6.45, 7) is 2.17. The lowest BCUT2D eigenvalue weighted by atomic mass is 9.93. The predicted octanol–water partition coefficient (Wildman–Crippen LogP) is 2.31. The summed E-state index contributed by atoms with van der Waals surface area (Å²) in [5.74, 6) is -1.58. The number of benzene rings is 1. The fourth-order valence-corrected chi connectivity index (χ4v) is 5.80. The molecule has 0 bridgehead atoms. The number of carbonyl (C=O) groups excluding carboxylic acids is 3. The second-order valence-electron chi connectivity index (χ2n) is 8.19. The normalized spacial score (nSPS) is 19.2. The number of sulfone groups is 1. The highest BCUT2D eigenvalue weighted by molar-refractivity contribution is 7.90. The highest BCUT2D eigenvalue weighted by Crippen LogP contribution is 2.33. The maximum absolute atomic E-state index is 13.2. The third-order valence-electron chi connectivity index (χ3n) is 5.62. The number of nitrogens with one attached hydrogen (secondary N) is 1. The van der Waals surface area contributed by atoms with E-state index in [0.29, 0.717) is 11.0 Å². The molecule has 3 amide bonds. The van der Waals surface area contributed by atoms with Crippen molar-refractivity contribution in [1.29, 1.82) is 0 Å². The first kappa shape index (κ1) is 21.6. The van der Waals surface area contributed by atoms with Crippen molar-refractivity contribution in [2.45, 2.75) is 38.6 Å². The molecule has 4 rings (SSSR count). The van der Waals surface area contributed by atoms with Crippen LogP contribution >= 0.6 is 11.3 Å². The van der Waals surface area contributed by atoms with E-state index < -0.39 is 33.6 Å². The van der Waals surface area contributed by atoms with E-state index >= 15 is 0 Å². The van der Waals surface area contributed by atoms with Gasteiger partial charge in [-0.1, -0.05) is 19.1 Å². The Hall–Kier alpha value is -2.59. The molecule has 1 aliphatic carbocycles. The molecule has 10 heteroatoms. The van der Waals surface area contributed by atoms with E-state index in [9.17, 15) is 22.8 Å². The molecular formula is C21H23N3O5S2. The standard InChI is InChI=1S/C21H23N3O5S2/c1-12-7-8-15-17(11-12)30-21(22-15)23-18(25)16(9-10-31(2,28)29)24-19(26)13-5-3-4-6-14(13)20(24)27/h3-6,12,16H,7-11H2,1-2H3,(H,22,23,25)/t12-,16-/m0/s1. The Labute approximate surface area is 184 Å². The van der Waals surface area contributed by atoms with Gasteiger partial charge in [-0.15, -0.1) is 11.3 Å². The summed E-state index contributed by atoms with van der Waals surface area (Å²) < 4.78 is 23.5. The summed E-state index contributed by atoms with van der Waals surface area (Å²) in [4.78, 5) is 45.4. The molecule has 2 aromatic rings. The van der Waals surface area contributed by atoms with Crippen LogP contribution in [-0.4, -0.2) is 54.1 Å². The second-order valence-corrected chi connectivity index (χ2v) is 11.5. The number of imide groups is 1. The van der Waals surface area contributed by atoms with Crippen molar-refractivity contribution >= 4 is 44.0 Å². The number of nitrogens with zero attached hydrogens (tertiary/aromatic N) is 2. The Balaban J connectivity index is 1.60. The van der Waals surface area contributed by atoms with Gasteiger partial charge in [0.25, 0.3) is 11.8 Å². The van der Waals surface area contributed by atoms with Gasteiger partial charge in [0.15, 0.2) is 5.13 Å². The molecule has 0 unspecified atom stereocenters. The Morgan fingerprint density at radius 3 is 2.52 bits per heavy atom. The zero-order valence-corrected chi connectivity index (χ0v) is 18.9. The van der Waals surface area contributed by atoms with Crippen LogP contribution in [0.5, 0.6) is 0 Å². The third-order valence-corrected chi connectivity index (χ3v) is 7.63. The molecule has 0 saturated heterocycles. The van der Waals surface area contributed by atoms with Gasteiger partial charge in [-0.25, -0.2) is 13.4 Å². The van der Waals surface area contributed by atoms with E-state index in [-0.39, 0.29) is 23.3 Å². The lowest BCUT2D eigenvalue weighted by Crippen LogP contribution is -2.48. The van der Waals surface area contributed by atoms with Crippen molar-refractivity contribution in [1.82, 2.24) is 9.88 Å². The van der Waals surface area contributed by atoms with Gasteiger partial charge in [-0.3, -0.25) is 19.3 Å². The van der Waals surface area contributed by atoms with E-state index in [4.69, 9.17) is 0 Å². The number of aromatic nitrogens is 1. The van der Waals surface area contributed by atoms with Crippen LogP contribution in [0.25, 0.3) is 0 Å². The summed E-state index contributed by atoms with van der Waals surface area (Å²) in [6, 6.07) is 5.08. The summed E-state index contributed by atoms with van der Waals surface area (Å²) in [5.41, 5.74) is 1.39. The van der Waals surface area contributed by atoms with Gasteiger partial charge in [-0.05, 0) is 43.7 Å². The van der Waals surface area contributed by atoms with Crippen LogP contribution in [0.4, 0.5) is 5.13 Å². The molecule has 0 saturated carbocycles. The minimum Gasteiger partial charge on any atom is -0.300 e. The Morgan fingerprint density at radius 1 is 1.26 bits per heavy atom. The largest absolute Gasteiger partial charge is 0.300 e. The zero-order valence-electron chi connectivity index (χ0n) is 17.3. The van der Waals surface area contributed by atoms with Crippen molar-refractivity contribution in [2.75, 3.05) is 17.3 Å². The smallest absolute Gasteiger partial charge is 0.262 e. The van der Waals surface area contributed by atoms with Gasteiger partial charge < -0.3 is 5.32 Å². The molecule has 0 fully saturated rings. The molecule has 0 spiro atoms. The Bertz CT molecular complexity index is 1140. The highest BCUT2D eigenvalue weighted by atomic mass is 32.2. The van der Waals surface area contributed by atoms with Crippen LogP contribution in [0, 0.1) is 5.92 Å². The first-order chi connectivity index (χ1) is 14.6. The van der Waals surface area contributed by atoms with Crippen molar-refractivity contribution in [2.24, 2.45) is 5.92 Å². The average Bonchev–Trinajstić information content (AvgIpc) is 3.20. The lowest BCUT2D eigenvalue weighted by molar-refractivity contribution is -0.120. The van der Waals surface area contributed by atoms with E-state index in [0.717, 1.165) is 41.0 Å². The van der Waals surface area contributed by atoms with Crippen molar-refractivity contribution < 1.29 is 22.8 Å². The first-order valence-corrected chi connectivity index (χ1v) is 13.0. The van der Waals surface area contributed by atoms with Crippen LogP contribution in [0.3, 0.4) is 0 Å². The first-order valence-electron chi connectivity index (χ1n) is 10.1. The van der Waals surface area contributed by atoms with Crippen molar-refractivity contribution in [3.05, 3.63) is 46.0 Å². The van der Waals surface area contributed by atoms with E-state index in [1.165, 1.54) is 23.5 Å². The van der Waals surface area contributed by atoms with Crippen LogP contribution in [0.15, 0.2) is 24.3 Å². The monoisotopic (exact) mass is 461 g/mol. The number of anilines is 1. The van der Waals surface area contributed by atoms with Crippen molar-refractivity contribution in [3.63, 3.8) is 0 Å². The van der Waals surface area contributed by atoms with E-state index in [1.807, 2.05) is 0 Å². The molecule has 2 atom stereocenters. The molecule has 1 aliphatic heterocycles. The van der Waals surface area contributed by atoms with Gasteiger partial charge in [0, 0.05) is 11.1 Å². The SMILES string of the molecule is C[C@H]1CCc2nc(NC(=O)[C@H](CCS(C)(=O)=O)N3C(=O)c4ccccc4C3=O)sc2C1. The summed E-state index contributed by atoms with van der Waals surface area (Å²) >= 11 is 1.39. The van der Waals surface area contributed by atoms with Gasteiger partial charge in [0.1, 0.15) is 15.9 Å². The molecule has 2 heterocycles. The van der Waals surface area contributed by atoms with Gasteiger partial charge in [0.05, 0.1) is 22.6 Å². The van der Waals surface area contributed by atoms with Crippen molar-refractivity contribution in [3.8, 4) is 0 Å². The molecule has 0 radical (unpaired) electrons. The summed E-state index contributed by atoms with van der Waals surface area (Å²) in [6.07, 6.45) is 3.66. The summed E-state index contributed by atoms with van der Waals surface area (Å²) in [5, 5.41) is 3.13. The molecule has 1 aromatic carbocycles. The maximum atomic E-state index is 13.2. The number of hydrogen-bond donors (Lipinski definition) is 1.